The Morgan fingerprint density at radius 1 is 1.25 bits per heavy atom. The van der Waals surface area contributed by atoms with Crippen LogP contribution in [0.1, 0.15) is 35.7 Å². The third-order valence-corrected chi connectivity index (χ3v) is 7.54. The summed E-state index contributed by atoms with van der Waals surface area (Å²) in [5.74, 6) is -1.79. The van der Waals surface area contributed by atoms with E-state index in [1.165, 1.54) is 28.6 Å². The summed E-state index contributed by atoms with van der Waals surface area (Å²) >= 11 is 6.13. The Kier molecular flexibility index (Phi) is 7.53. The number of nitrogens with zero attached hydrogens (tertiary/aromatic N) is 1. The smallest absolute Gasteiger partial charge is 0.338 e. The topological polar surface area (TPSA) is 92.8 Å². The van der Waals surface area contributed by atoms with Crippen LogP contribution in [-0.2, 0) is 19.6 Å². The van der Waals surface area contributed by atoms with E-state index in [1.807, 2.05) is 6.92 Å². The van der Waals surface area contributed by atoms with Gasteiger partial charge in [-0.1, -0.05) is 24.6 Å². The fourth-order valence-electron chi connectivity index (χ4n) is 3.41. The third kappa shape index (κ3) is 5.65. The number of ether oxygens (including phenoxy) is 1. The van der Waals surface area contributed by atoms with Crippen molar-refractivity contribution in [3.05, 3.63) is 58.4 Å². The summed E-state index contributed by atoms with van der Waals surface area (Å²) in [6.45, 7) is 3.72. The van der Waals surface area contributed by atoms with Crippen LogP contribution in [0.15, 0.2) is 41.3 Å². The monoisotopic (exact) mass is 482 g/mol. The number of aryl methyl sites for hydroxylation is 1. The molecule has 3 rings (SSSR count). The molecule has 0 bridgehead atoms. The molecule has 0 radical (unpaired) electrons. The molecule has 172 valence electrons. The zero-order chi connectivity index (χ0) is 23.5. The van der Waals surface area contributed by atoms with Gasteiger partial charge in [-0.15, -0.1) is 0 Å². The maximum Gasteiger partial charge on any atom is 0.338 e. The molecule has 1 heterocycles. The zero-order valence-corrected chi connectivity index (χ0v) is 19.3. The Hall–Kier alpha value is -2.49. The van der Waals surface area contributed by atoms with Gasteiger partial charge in [0.2, 0.25) is 10.0 Å². The van der Waals surface area contributed by atoms with Gasteiger partial charge in [0, 0.05) is 18.8 Å². The maximum absolute atomic E-state index is 13.6. The Balaban J connectivity index is 1.68. The lowest BCUT2D eigenvalue weighted by atomic mass is 10.0. The van der Waals surface area contributed by atoms with Crippen molar-refractivity contribution in [2.24, 2.45) is 5.92 Å². The first-order valence-electron chi connectivity index (χ1n) is 10.1. The molecule has 10 heteroatoms. The minimum atomic E-state index is -3.88. The Morgan fingerprint density at radius 2 is 2.00 bits per heavy atom. The second kappa shape index (κ2) is 9.97. The second-order valence-corrected chi connectivity index (χ2v) is 10.2. The number of anilines is 1. The largest absolute Gasteiger partial charge is 0.452 e. The highest BCUT2D eigenvalue weighted by molar-refractivity contribution is 7.89. The van der Waals surface area contributed by atoms with Gasteiger partial charge in [0.25, 0.3) is 5.91 Å². The first-order chi connectivity index (χ1) is 15.1. The predicted octanol–water partition coefficient (Wildman–Crippen LogP) is 4.00. The number of hydrogen-bond donors (Lipinski definition) is 1. The SMILES string of the molecule is Cc1ccc(NC(=O)COC(=O)c2ccc(Cl)c(S(=O)(=O)N3CCCC(C)C3)c2)cc1F. The zero-order valence-electron chi connectivity index (χ0n) is 17.7. The van der Waals surface area contributed by atoms with E-state index < -0.39 is 34.3 Å². The van der Waals surface area contributed by atoms with Gasteiger partial charge >= 0.3 is 5.97 Å². The van der Waals surface area contributed by atoms with Crippen LogP contribution in [0.3, 0.4) is 0 Å². The van der Waals surface area contributed by atoms with Crippen molar-refractivity contribution in [2.75, 3.05) is 25.0 Å². The van der Waals surface area contributed by atoms with E-state index in [2.05, 4.69) is 5.32 Å². The van der Waals surface area contributed by atoms with Crippen LogP contribution < -0.4 is 5.32 Å². The van der Waals surface area contributed by atoms with Gasteiger partial charge in [0.1, 0.15) is 10.7 Å². The number of carbonyl (C=O) groups is 2. The van der Waals surface area contributed by atoms with Crippen molar-refractivity contribution in [3.63, 3.8) is 0 Å². The van der Waals surface area contributed by atoms with E-state index in [-0.39, 0.29) is 27.1 Å². The van der Waals surface area contributed by atoms with Crippen LogP contribution in [0.4, 0.5) is 10.1 Å². The molecule has 1 aliphatic heterocycles. The number of hydrogen-bond acceptors (Lipinski definition) is 5. The van der Waals surface area contributed by atoms with Gasteiger partial charge in [-0.3, -0.25) is 4.79 Å². The lowest BCUT2D eigenvalue weighted by Gasteiger charge is -2.30. The molecule has 2 aromatic carbocycles. The van der Waals surface area contributed by atoms with Gasteiger partial charge in [-0.25, -0.2) is 17.6 Å². The fourth-order valence-corrected chi connectivity index (χ4v) is 5.51. The lowest BCUT2D eigenvalue weighted by Crippen LogP contribution is -2.39. The van der Waals surface area contributed by atoms with Crippen LogP contribution in [0.25, 0.3) is 0 Å². The van der Waals surface area contributed by atoms with Gasteiger partial charge in [0.05, 0.1) is 10.6 Å². The molecule has 0 saturated carbocycles. The standard InChI is InChI=1S/C22H24ClFN2O5S/c1-14-4-3-9-26(12-14)32(29,30)20-10-16(6-8-18(20)23)22(28)31-13-21(27)25-17-7-5-15(2)19(24)11-17/h5-8,10-11,14H,3-4,9,12-13H2,1-2H3,(H,25,27). The van der Waals surface area contributed by atoms with Crippen LogP contribution >= 0.6 is 11.6 Å². The summed E-state index contributed by atoms with van der Waals surface area (Å²) in [4.78, 5) is 24.3. The average Bonchev–Trinajstić information content (AvgIpc) is 2.75. The summed E-state index contributed by atoms with van der Waals surface area (Å²) in [6, 6.07) is 7.99. The van der Waals surface area contributed by atoms with E-state index in [4.69, 9.17) is 16.3 Å². The van der Waals surface area contributed by atoms with Crippen molar-refractivity contribution in [1.82, 2.24) is 4.31 Å². The van der Waals surface area contributed by atoms with Gasteiger partial charge in [0.15, 0.2) is 6.61 Å². The first-order valence-corrected chi connectivity index (χ1v) is 11.9. The van der Waals surface area contributed by atoms with E-state index in [0.717, 1.165) is 25.0 Å². The van der Waals surface area contributed by atoms with Crippen LogP contribution in [0, 0.1) is 18.7 Å². The molecule has 1 amide bonds. The molecule has 1 aliphatic rings. The van der Waals surface area contributed by atoms with E-state index in [0.29, 0.717) is 18.7 Å². The molecule has 1 fully saturated rings. The summed E-state index contributed by atoms with van der Waals surface area (Å²) in [7, 11) is -3.88. The summed E-state index contributed by atoms with van der Waals surface area (Å²) in [5.41, 5.74) is 0.610. The Morgan fingerprint density at radius 3 is 2.69 bits per heavy atom. The highest BCUT2D eigenvalue weighted by Gasteiger charge is 2.31. The lowest BCUT2D eigenvalue weighted by molar-refractivity contribution is -0.119. The number of benzene rings is 2. The molecule has 1 atom stereocenters. The van der Waals surface area contributed by atoms with Crippen molar-refractivity contribution in [3.8, 4) is 0 Å². The average molecular weight is 483 g/mol. The number of nitrogens with one attached hydrogen (secondary N) is 1. The Labute approximate surface area is 191 Å². The number of halogens is 2. The maximum atomic E-state index is 13.6. The molecule has 0 aliphatic carbocycles. The van der Waals surface area contributed by atoms with Crippen LogP contribution in [-0.4, -0.2) is 44.3 Å². The van der Waals surface area contributed by atoms with E-state index in [1.54, 1.807) is 6.92 Å². The molecule has 0 aromatic heterocycles. The quantitative estimate of drug-likeness (QED) is 0.628. The normalized spacial score (nSPS) is 17.1. The first kappa shape index (κ1) is 24.2. The number of rotatable bonds is 6. The van der Waals surface area contributed by atoms with Gasteiger partial charge < -0.3 is 10.1 Å². The predicted molar refractivity (Wildman–Crippen MR) is 119 cm³/mol. The number of esters is 1. The number of carbonyl (C=O) groups excluding carboxylic acids is 2. The summed E-state index contributed by atoms with van der Waals surface area (Å²) in [5, 5.41) is 2.43. The van der Waals surface area contributed by atoms with Gasteiger partial charge in [-0.2, -0.15) is 4.31 Å². The van der Waals surface area contributed by atoms with Crippen molar-refractivity contribution >= 4 is 39.2 Å². The highest BCUT2D eigenvalue weighted by atomic mass is 35.5. The third-order valence-electron chi connectivity index (χ3n) is 5.19. The molecule has 0 spiro atoms. The van der Waals surface area contributed by atoms with E-state index >= 15 is 0 Å². The second-order valence-electron chi connectivity index (χ2n) is 7.84. The number of amides is 1. The minimum Gasteiger partial charge on any atom is -0.452 e. The number of sulfonamides is 1. The van der Waals surface area contributed by atoms with Crippen molar-refractivity contribution < 1.29 is 27.1 Å². The molecule has 1 saturated heterocycles. The molecule has 32 heavy (non-hydrogen) atoms. The molecule has 7 nitrogen and oxygen atoms in total. The van der Waals surface area contributed by atoms with Crippen molar-refractivity contribution in [2.45, 2.75) is 31.6 Å². The molecular formula is C22H24ClFN2O5S. The minimum absolute atomic E-state index is 0.00100. The highest BCUT2D eigenvalue weighted by Crippen LogP contribution is 2.29. The molecule has 1 N–H and O–H groups in total. The van der Waals surface area contributed by atoms with Crippen LogP contribution in [0.2, 0.25) is 5.02 Å². The molecular weight excluding hydrogens is 459 g/mol. The summed E-state index contributed by atoms with van der Waals surface area (Å²) in [6.07, 6.45) is 1.70. The van der Waals surface area contributed by atoms with Crippen molar-refractivity contribution in [1.29, 1.82) is 0 Å². The summed E-state index contributed by atoms with van der Waals surface area (Å²) < 4.78 is 46.0. The van der Waals surface area contributed by atoms with Gasteiger partial charge in [-0.05, 0) is 61.6 Å². The Bertz CT molecular complexity index is 1140. The fraction of sp³-hybridized carbons (Fsp3) is 0.364. The molecule has 2 aromatic rings. The van der Waals surface area contributed by atoms with E-state index in [9.17, 15) is 22.4 Å². The number of piperidine rings is 1. The molecule has 1 unspecified atom stereocenters. The van der Waals surface area contributed by atoms with Crippen LogP contribution in [0.5, 0.6) is 0 Å².